The highest BCUT2D eigenvalue weighted by molar-refractivity contribution is 9.10. The largest absolute Gasteiger partial charge is 0.384 e. The van der Waals surface area contributed by atoms with Crippen molar-refractivity contribution in [3.8, 4) is 0 Å². The number of halogens is 1. The molecule has 0 bridgehead atoms. The van der Waals surface area contributed by atoms with Gasteiger partial charge in [0.05, 0.1) is 0 Å². The Balaban J connectivity index is 2.29. The molecule has 16 heavy (non-hydrogen) atoms. The van der Waals surface area contributed by atoms with Gasteiger partial charge in [-0.05, 0) is 60.7 Å². The van der Waals surface area contributed by atoms with E-state index in [0.717, 1.165) is 6.42 Å². The normalized spacial score (nSPS) is 18.1. The average molecular weight is 280 g/mol. The van der Waals surface area contributed by atoms with Crippen LogP contribution in [0.3, 0.4) is 0 Å². The topological polar surface area (TPSA) is 3.24 Å². The van der Waals surface area contributed by atoms with Crippen molar-refractivity contribution in [2.24, 2.45) is 0 Å². The predicted octanol–water partition coefficient (Wildman–Crippen LogP) is 3.77. The van der Waals surface area contributed by atoms with Crippen molar-refractivity contribution in [3.05, 3.63) is 45.6 Å². The third-order valence-electron chi connectivity index (χ3n) is 2.97. The minimum Gasteiger partial charge on any atom is -0.384 e. The van der Waals surface area contributed by atoms with Crippen LogP contribution in [0.2, 0.25) is 0 Å². The zero-order valence-corrected chi connectivity index (χ0v) is 11.5. The molecule has 0 saturated heterocycles. The van der Waals surface area contributed by atoms with Gasteiger partial charge in [-0.25, -0.2) is 0 Å². The van der Waals surface area contributed by atoms with Crippen LogP contribution in [-0.2, 0) is 12.8 Å². The zero-order valence-electron chi connectivity index (χ0n) is 9.96. The van der Waals surface area contributed by atoms with Gasteiger partial charge in [0.2, 0.25) is 0 Å². The Morgan fingerprint density at radius 2 is 2.00 bits per heavy atom. The first-order valence-corrected chi connectivity index (χ1v) is 6.58. The highest BCUT2D eigenvalue weighted by Gasteiger charge is 2.11. The molecule has 0 unspecified atom stereocenters. The molecule has 1 aliphatic carbocycles. The summed E-state index contributed by atoms with van der Waals surface area (Å²) in [6.45, 7) is 0. The van der Waals surface area contributed by atoms with Crippen molar-refractivity contribution in [2.45, 2.75) is 25.7 Å². The zero-order chi connectivity index (χ0) is 11.5. The molecule has 0 atom stereocenters. The van der Waals surface area contributed by atoms with E-state index in [1.54, 1.807) is 5.57 Å². The average Bonchev–Trinajstić information content (AvgIpc) is 2.37. The fourth-order valence-corrected chi connectivity index (χ4v) is 2.73. The summed E-state index contributed by atoms with van der Waals surface area (Å²) in [4.78, 5) is 2.15. The quantitative estimate of drug-likeness (QED) is 0.708. The van der Waals surface area contributed by atoms with Crippen LogP contribution in [0.25, 0.3) is 0 Å². The second-order valence-corrected chi connectivity index (χ2v) is 5.61. The van der Waals surface area contributed by atoms with Crippen molar-refractivity contribution < 1.29 is 0 Å². The Bertz CT molecular complexity index is 407. The van der Waals surface area contributed by atoms with Crippen molar-refractivity contribution in [1.29, 1.82) is 0 Å². The third-order valence-corrected chi connectivity index (χ3v) is 3.46. The van der Waals surface area contributed by atoms with E-state index < -0.39 is 0 Å². The number of aryl methyl sites for hydroxylation is 1. The number of rotatable bonds is 1. The molecule has 0 heterocycles. The molecule has 0 aliphatic heterocycles. The molecule has 86 valence electrons. The molecule has 0 saturated carbocycles. The lowest BCUT2D eigenvalue weighted by molar-refractivity contribution is 0.552. The molecule has 2 rings (SSSR count). The van der Waals surface area contributed by atoms with Gasteiger partial charge in [-0.15, -0.1) is 0 Å². The Hall–Kier alpha value is -0.760. The molecule has 0 aromatic heterocycles. The summed E-state index contributed by atoms with van der Waals surface area (Å²) >= 11 is 3.56. The summed E-state index contributed by atoms with van der Waals surface area (Å²) in [5.41, 5.74) is 4.55. The summed E-state index contributed by atoms with van der Waals surface area (Å²) in [5.74, 6) is 0. The molecule has 0 spiro atoms. The van der Waals surface area contributed by atoms with E-state index >= 15 is 0 Å². The van der Waals surface area contributed by atoms with E-state index in [4.69, 9.17) is 0 Å². The standard InChI is InChI=1S/C14H18BrN/c1-16(2)10-11-4-3-5-12-6-7-14(15)9-13(12)8-11/h6-7,9-10H,3-5,8H2,1-2H3. The second kappa shape index (κ2) is 5.05. The third kappa shape index (κ3) is 2.88. The number of hydrogen-bond donors (Lipinski definition) is 0. The predicted molar refractivity (Wildman–Crippen MR) is 72.6 cm³/mol. The number of nitrogens with zero attached hydrogens (tertiary/aromatic N) is 1. The Morgan fingerprint density at radius 3 is 2.75 bits per heavy atom. The van der Waals surface area contributed by atoms with Crippen LogP contribution in [0.15, 0.2) is 34.4 Å². The molecule has 2 heteroatoms. The van der Waals surface area contributed by atoms with E-state index in [2.05, 4.69) is 59.3 Å². The Labute approximate surface area is 106 Å². The maximum absolute atomic E-state index is 3.56. The minimum absolute atomic E-state index is 1.10. The van der Waals surface area contributed by atoms with Crippen LogP contribution >= 0.6 is 15.9 Å². The van der Waals surface area contributed by atoms with Crippen LogP contribution in [0.5, 0.6) is 0 Å². The monoisotopic (exact) mass is 279 g/mol. The van der Waals surface area contributed by atoms with Gasteiger partial charge in [-0.3, -0.25) is 0 Å². The molecule has 0 fully saturated rings. The van der Waals surface area contributed by atoms with Crippen LogP contribution in [0.1, 0.15) is 24.0 Å². The minimum atomic E-state index is 1.10. The smallest absolute Gasteiger partial charge is 0.0178 e. The van der Waals surface area contributed by atoms with Gasteiger partial charge in [-0.1, -0.05) is 22.0 Å². The second-order valence-electron chi connectivity index (χ2n) is 4.69. The fourth-order valence-electron chi connectivity index (χ4n) is 2.32. The fraction of sp³-hybridized carbons (Fsp3) is 0.429. The van der Waals surface area contributed by atoms with E-state index in [1.807, 2.05) is 0 Å². The van der Waals surface area contributed by atoms with Gasteiger partial charge in [-0.2, -0.15) is 0 Å². The van der Waals surface area contributed by atoms with Gasteiger partial charge in [0.1, 0.15) is 0 Å². The number of hydrogen-bond acceptors (Lipinski definition) is 1. The molecule has 1 aromatic carbocycles. The van der Waals surface area contributed by atoms with E-state index in [9.17, 15) is 0 Å². The summed E-state index contributed by atoms with van der Waals surface area (Å²) in [6, 6.07) is 6.68. The summed E-state index contributed by atoms with van der Waals surface area (Å²) in [5, 5.41) is 0. The lowest BCUT2D eigenvalue weighted by atomic mass is 10.0. The van der Waals surface area contributed by atoms with Crippen molar-refractivity contribution >= 4 is 15.9 Å². The molecular weight excluding hydrogens is 262 g/mol. The first-order valence-electron chi connectivity index (χ1n) is 5.78. The van der Waals surface area contributed by atoms with Crippen molar-refractivity contribution in [3.63, 3.8) is 0 Å². The Kier molecular flexibility index (Phi) is 3.70. The van der Waals surface area contributed by atoms with Gasteiger partial charge in [0.15, 0.2) is 0 Å². The molecule has 1 nitrogen and oxygen atoms in total. The molecule has 0 N–H and O–H groups in total. The maximum Gasteiger partial charge on any atom is 0.0178 e. The lowest BCUT2D eigenvalue weighted by Gasteiger charge is -2.10. The van der Waals surface area contributed by atoms with Crippen molar-refractivity contribution in [2.75, 3.05) is 14.1 Å². The van der Waals surface area contributed by atoms with Crippen LogP contribution in [0, 0.1) is 0 Å². The maximum atomic E-state index is 3.56. The lowest BCUT2D eigenvalue weighted by Crippen LogP contribution is -2.04. The van der Waals surface area contributed by atoms with Gasteiger partial charge < -0.3 is 4.90 Å². The van der Waals surface area contributed by atoms with Crippen LogP contribution in [-0.4, -0.2) is 19.0 Å². The van der Waals surface area contributed by atoms with Crippen LogP contribution < -0.4 is 0 Å². The first-order chi connectivity index (χ1) is 7.65. The molecule has 0 radical (unpaired) electrons. The van der Waals surface area contributed by atoms with Gasteiger partial charge >= 0.3 is 0 Å². The van der Waals surface area contributed by atoms with E-state index in [0.29, 0.717) is 0 Å². The highest BCUT2D eigenvalue weighted by Crippen LogP contribution is 2.26. The Morgan fingerprint density at radius 1 is 1.19 bits per heavy atom. The molecular formula is C14H18BrN. The summed E-state index contributed by atoms with van der Waals surface area (Å²) in [7, 11) is 4.19. The number of benzene rings is 1. The highest BCUT2D eigenvalue weighted by atomic mass is 79.9. The van der Waals surface area contributed by atoms with E-state index in [1.165, 1.54) is 34.9 Å². The summed E-state index contributed by atoms with van der Waals surface area (Å²) < 4.78 is 1.19. The van der Waals surface area contributed by atoms with E-state index in [-0.39, 0.29) is 0 Å². The van der Waals surface area contributed by atoms with Gasteiger partial charge in [0, 0.05) is 18.6 Å². The molecule has 1 aliphatic rings. The van der Waals surface area contributed by atoms with Crippen molar-refractivity contribution in [1.82, 2.24) is 4.90 Å². The number of allylic oxidation sites excluding steroid dienone is 1. The summed E-state index contributed by atoms with van der Waals surface area (Å²) in [6.07, 6.45) is 7.09. The van der Waals surface area contributed by atoms with Gasteiger partial charge in [0.25, 0.3) is 0 Å². The number of fused-ring (bicyclic) bond motifs is 1. The first kappa shape index (κ1) is 11.7. The SMILES string of the molecule is CN(C)C=C1CCCc2ccc(Br)cc2C1. The molecule has 0 amide bonds. The molecule has 1 aromatic rings. The van der Waals surface area contributed by atoms with Crippen LogP contribution in [0.4, 0.5) is 0 Å².